The zero-order valence-electron chi connectivity index (χ0n) is 22.8. The first-order valence-corrected chi connectivity index (χ1v) is 15.1. The largest absolute Gasteiger partial charge is 0.490 e. The molecule has 0 atom stereocenters. The van der Waals surface area contributed by atoms with E-state index in [-0.39, 0.29) is 12.5 Å². The normalized spacial score (nSPS) is 15.2. The molecular weight excluding hydrogens is 612 g/mol. The van der Waals surface area contributed by atoms with E-state index in [1.807, 2.05) is 85.8 Å². The van der Waals surface area contributed by atoms with Crippen molar-refractivity contribution in [1.82, 2.24) is 4.90 Å². The number of para-hydroxylation sites is 1. The molecule has 1 aliphatic heterocycles. The van der Waals surface area contributed by atoms with Crippen molar-refractivity contribution >= 4 is 61.3 Å². The quantitative estimate of drug-likeness (QED) is 0.151. The smallest absolute Gasteiger partial charge is 0.267 e. The lowest BCUT2D eigenvalue weighted by Gasteiger charge is -2.15. The Morgan fingerprint density at radius 3 is 2.52 bits per heavy atom. The molecule has 1 saturated heterocycles. The van der Waals surface area contributed by atoms with E-state index in [1.54, 1.807) is 11.2 Å². The molecule has 2 heterocycles. The molecule has 1 aliphatic rings. The van der Waals surface area contributed by atoms with Crippen LogP contribution in [0.2, 0.25) is 0 Å². The number of amidine groups is 1. The van der Waals surface area contributed by atoms with Gasteiger partial charge in [-0.25, -0.2) is 4.99 Å². The minimum absolute atomic E-state index is 0.146. The number of halogens is 1. The van der Waals surface area contributed by atoms with Crippen LogP contribution in [0.5, 0.6) is 11.5 Å². The molecule has 0 unspecified atom stereocenters. The molecule has 1 amide bonds. The maximum atomic E-state index is 13.6. The molecule has 1 aromatic heterocycles. The Kier molecular flexibility index (Phi) is 8.44. The standard InChI is InChI=1S/C34H27BrN2O4S/c1-2-39-30-18-25(29(35)20-31(30)41-22-24-12-8-11-23-10-6-7-16-28(23)24)19-32-33(38)37(21-27-15-9-17-40-27)34(42-32)36-26-13-4-3-5-14-26/h3-20H,2,21-22H2,1H3/b32-19-,36-34?. The number of aliphatic imine (C=N–C) groups is 1. The van der Waals surface area contributed by atoms with E-state index in [0.29, 0.717) is 40.5 Å². The van der Waals surface area contributed by atoms with E-state index in [4.69, 9.17) is 18.9 Å². The van der Waals surface area contributed by atoms with Gasteiger partial charge in [0, 0.05) is 4.47 Å². The van der Waals surface area contributed by atoms with Crippen molar-refractivity contribution in [2.75, 3.05) is 6.61 Å². The maximum absolute atomic E-state index is 13.6. The van der Waals surface area contributed by atoms with Gasteiger partial charge in [0.1, 0.15) is 12.4 Å². The second kappa shape index (κ2) is 12.7. The Bertz CT molecular complexity index is 1780. The van der Waals surface area contributed by atoms with Gasteiger partial charge in [0.2, 0.25) is 0 Å². The second-order valence-corrected chi connectivity index (χ2v) is 11.4. The zero-order valence-corrected chi connectivity index (χ0v) is 25.2. The third-order valence-electron chi connectivity index (χ3n) is 6.68. The number of rotatable bonds is 9. The fourth-order valence-corrected chi connectivity index (χ4v) is 6.09. The highest BCUT2D eigenvalue weighted by atomic mass is 79.9. The summed E-state index contributed by atoms with van der Waals surface area (Å²) < 4.78 is 18.6. The predicted molar refractivity (Wildman–Crippen MR) is 172 cm³/mol. The highest BCUT2D eigenvalue weighted by molar-refractivity contribution is 9.10. The van der Waals surface area contributed by atoms with Gasteiger partial charge in [-0.2, -0.15) is 0 Å². The van der Waals surface area contributed by atoms with Gasteiger partial charge >= 0.3 is 0 Å². The van der Waals surface area contributed by atoms with Crippen LogP contribution in [0.4, 0.5) is 5.69 Å². The molecule has 42 heavy (non-hydrogen) atoms. The molecule has 210 valence electrons. The minimum atomic E-state index is -0.146. The van der Waals surface area contributed by atoms with E-state index in [9.17, 15) is 4.79 Å². The average molecular weight is 640 g/mol. The number of carbonyl (C=O) groups excluding carboxylic acids is 1. The predicted octanol–water partition coefficient (Wildman–Crippen LogP) is 8.98. The third kappa shape index (κ3) is 6.15. The Labute approximate surface area is 256 Å². The van der Waals surface area contributed by atoms with E-state index in [0.717, 1.165) is 26.7 Å². The lowest BCUT2D eigenvalue weighted by Crippen LogP contribution is -2.28. The van der Waals surface area contributed by atoms with Gasteiger partial charge in [0.25, 0.3) is 5.91 Å². The molecule has 0 saturated carbocycles. The molecule has 6 nitrogen and oxygen atoms in total. The Balaban J connectivity index is 1.30. The number of hydrogen-bond acceptors (Lipinski definition) is 6. The van der Waals surface area contributed by atoms with Crippen molar-refractivity contribution in [3.05, 3.63) is 130 Å². The summed E-state index contributed by atoms with van der Waals surface area (Å²) in [5.41, 5.74) is 2.66. The van der Waals surface area contributed by atoms with E-state index >= 15 is 0 Å². The van der Waals surface area contributed by atoms with Gasteiger partial charge in [-0.15, -0.1) is 0 Å². The van der Waals surface area contributed by atoms with Crippen LogP contribution in [0.15, 0.2) is 122 Å². The van der Waals surface area contributed by atoms with Crippen LogP contribution in [0, 0.1) is 0 Å². The molecule has 1 fully saturated rings. The second-order valence-electron chi connectivity index (χ2n) is 9.49. The van der Waals surface area contributed by atoms with Crippen molar-refractivity contribution in [3.8, 4) is 11.5 Å². The summed E-state index contributed by atoms with van der Waals surface area (Å²) in [5.74, 6) is 1.76. The van der Waals surface area contributed by atoms with Gasteiger partial charge in [0.05, 0.1) is 30.0 Å². The monoisotopic (exact) mass is 638 g/mol. The molecule has 0 N–H and O–H groups in total. The first-order chi connectivity index (χ1) is 20.6. The number of thioether (sulfide) groups is 1. The fourth-order valence-electron chi connectivity index (χ4n) is 4.66. The van der Waals surface area contributed by atoms with Crippen molar-refractivity contribution < 1.29 is 18.7 Å². The van der Waals surface area contributed by atoms with Crippen LogP contribution < -0.4 is 9.47 Å². The van der Waals surface area contributed by atoms with Crippen LogP contribution in [-0.2, 0) is 17.9 Å². The lowest BCUT2D eigenvalue weighted by atomic mass is 10.1. The topological polar surface area (TPSA) is 64.3 Å². The van der Waals surface area contributed by atoms with Crippen LogP contribution in [0.25, 0.3) is 16.8 Å². The molecule has 0 radical (unpaired) electrons. The summed E-state index contributed by atoms with van der Waals surface area (Å²) in [6.07, 6.45) is 3.46. The summed E-state index contributed by atoms with van der Waals surface area (Å²) in [7, 11) is 0. The Hall–Kier alpha value is -4.27. The number of fused-ring (bicyclic) bond motifs is 1. The van der Waals surface area contributed by atoms with Crippen LogP contribution in [-0.4, -0.2) is 22.6 Å². The number of nitrogens with zero attached hydrogens (tertiary/aromatic N) is 2. The van der Waals surface area contributed by atoms with Crippen LogP contribution in [0.1, 0.15) is 23.8 Å². The maximum Gasteiger partial charge on any atom is 0.267 e. The summed E-state index contributed by atoms with van der Waals surface area (Å²) in [4.78, 5) is 20.6. The first kappa shape index (κ1) is 27.9. The minimum Gasteiger partial charge on any atom is -0.490 e. The van der Waals surface area contributed by atoms with E-state index < -0.39 is 0 Å². The average Bonchev–Trinajstić information content (AvgIpc) is 3.63. The molecule has 6 rings (SSSR count). The van der Waals surface area contributed by atoms with Gasteiger partial charge in [-0.3, -0.25) is 9.69 Å². The highest BCUT2D eigenvalue weighted by Gasteiger charge is 2.34. The van der Waals surface area contributed by atoms with Gasteiger partial charge < -0.3 is 13.9 Å². The summed E-state index contributed by atoms with van der Waals surface area (Å²) in [5, 5.41) is 2.91. The third-order valence-corrected chi connectivity index (χ3v) is 8.37. The van der Waals surface area contributed by atoms with Gasteiger partial charge in [0.15, 0.2) is 16.7 Å². The number of furan rings is 1. The molecular formula is C34H27BrN2O4S. The van der Waals surface area contributed by atoms with E-state index in [2.05, 4.69) is 40.2 Å². The van der Waals surface area contributed by atoms with Crippen molar-refractivity contribution in [2.45, 2.75) is 20.1 Å². The van der Waals surface area contributed by atoms with Crippen molar-refractivity contribution in [3.63, 3.8) is 0 Å². The highest BCUT2D eigenvalue weighted by Crippen LogP contribution is 2.40. The van der Waals surface area contributed by atoms with E-state index in [1.165, 1.54) is 17.1 Å². The summed E-state index contributed by atoms with van der Waals surface area (Å²) >= 11 is 5.03. The summed E-state index contributed by atoms with van der Waals surface area (Å²) in [6, 6.07) is 31.5. The lowest BCUT2D eigenvalue weighted by molar-refractivity contribution is -0.122. The molecule has 8 heteroatoms. The number of hydrogen-bond donors (Lipinski definition) is 0. The number of carbonyl (C=O) groups is 1. The Morgan fingerprint density at radius 2 is 1.71 bits per heavy atom. The van der Waals surface area contributed by atoms with Crippen molar-refractivity contribution in [2.24, 2.45) is 4.99 Å². The Morgan fingerprint density at radius 1 is 0.929 bits per heavy atom. The number of ether oxygens (including phenoxy) is 2. The van der Waals surface area contributed by atoms with Gasteiger partial charge in [-0.1, -0.05) is 76.6 Å². The van der Waals surface area contributed by atoms with Crippen LogP contribution >= 0.6 is 27.7 Å². The van der Waals surface area contributed by atoms with Crippen molar-refractivity contribution in [1.29, 1.82) is 0 Å². The number of amides is 1. The molecule has 5 aromatic rings. The summed E-state index contributed by atoms with van der Waals surface area (Å²) in [6.45, 7) is 3.09. The molecule has 0 spiro atoms. The fraction of sp³-hybridized carbons (Fsp3) is 0.118. The molecule has 0 bridgehead atoms. The zero-order chi connectivity index (χ0) is 28.9. The molecule has 0 aliphatic carbocycles. The number of benzene rings is 4. The molecule has 4 aromatic carbocycles. The first-order valence-electron chi connectivity index (χ1n) is 13.5. The van der Waals surface area contributed by atoms with Gasteiger partial charge in [-0.05, 0) is 83.1 Å². The van der Waals surface area contributed by atoms with Crippen LogP contribution in [0.3, 0.4) is 0 Å². The SMILES string of the molecule is CCOc1cc(/C=C2\SC(=Nc3ccccc3)N(Cc3ccco3)C2=O)c(Br)cc1OCc1cccc2ccccc12.